The van der Waals surface area contributed by atoms with E-state index in [-0.39, 0.29) is 0 Å². The smallest absolute Gasteiger partial charge is 0.274 e. The average molecular weight is 120 g/mol. The molecule has 0 radical (unpaired) electrons. The summed E-state index contributed by atoms with van der Waals surface area (Å²) in [5.41, 5.74) is 0. The zero-order valence-corrected chi connectivity index (χ0v) is 6.44. The van der Waals surface area contributed by atoms with E-state index in [0.717, 1.165) is 0 Å². The molecule has 0 bridgehead atoms. The van der Waals surface area contributed by atoms with Crippen molar-refractivity contribution in [3.63, 3.8) is 0 Å². The lowest BCUT2D eigenvalue weighted by Crippen LogP contribution is -1.53. The number of hydrogen-bond acceptors (Lipinski definition) is 2. The van der Waals surface area contributed by atoms with E-state index in [0.29, 0.717) is 9.52 Å². The molecule has 0 spiro atoms. The van der Waals surface area contributed by atoms with Gasteiger partial charge in [0.1, 0.15) is 0 Å². The average Bonchev–Trinajstić information content (AvgIpc) is 1.39. The van der Waals surface area contributed by atoms with Gasteiger partial charge in [-0.1, -0.05) is 13.1 Å². The van der Waals surface area contributed by atoms with Crippen LogP contribution >= 0.6 is 0 Å². The molecule has 2 nitrogen and oxygen atoms in total. The van der Waals surface area contributed by atoms with Crippen molar-refractivity contribution < 1.29 is 8.92 Å². The SMILES string of the molecule is C[SiH2]C.O=[Si]=O. The van der Waals surface area contributed by atoms with E-state index in [4.69, 9.17) is 8.92 Å². The third-order valence-electron chi connectivity index (χ3n) is 0. The van der Waals surface area contributed by atoms with E-state index < -0.39 is 9.29 Å². The van der Waals surface area contributed by atoms with Gasteiger partial charge in [-0.3, -0.25) is 8.92 Å². The molecule has 0 aliphatic rings. The summed E-state index contributed by atoms with van der Waals surface area (Å²) < 4.78 is 16.8. The van der Waals surface area contributed by atoms with Crippen molar-refractivity contribution in [2.45, 2.75) is 13.1 Å². The molecule has 0 N–H and O–H groups in total. The van der Waals surface area contributed by atoms with Crippen molar-refractivity contribution in [2.75, 3.05) is 0 Å². The molecule has 0 rings (SSSR count). The summed E-state index contributed by atoms with van der Waals surface area (Å²) in [4.78, 5) is 0. The molecule has 4 heteroatoms. The van der Waals surface area contributed by atoms with Gasteiger partial charge >= 0.3 is 9.29 Å². The third-order valence-corrected chi connectivity index (χ3v) is 0. The van der Waals surface area contributed by atoms with Gasteiger partial charge in [0.05, 0.1) is 0 Å². The topological polar surface area (TPSA) is 34.1 Å². The maximum atomic E-state index is 8.40. The van der Waals surface area contributed by atoms with Crippen LogP contribution in [0.5, 0.6) is 0 Å². The molecule has 0 aliphatic heterocycles. The summed E-state index contributed by atoms with van der Waals surface area (Å²) >= 11 is 0. The first kappa shape index (κ1) is 9.40. The Bertz CT molecular complexity index is 38.8. The van der Waals surface area contributed by atoms with E-state index in [1.165, 1.54) is 0 Å². The van der Waals surface area contributed by atoms with Crippen molar-refractivity contribution in [1.29, 1.82) is 0 Å². The molecule has 0 saturated heterocycles. The summed E-state index contributed by atoms with van der Waals surface area (Å²) in [5, 5.41) is 0. The van der Waals surface area contributed by atoms with Gasteiger partial charge in [0, 0.05) is 9.52 Å². The molecule has 0 aromatic heterocycles. The Kier molecular flexibility index (Phi) is 31.0. The van der Waals surface area contributed by atoms with Crippen LogP contribution in [0.25, 0.3) is 0 Å². The second-order valence-electron chi connectivity index (χ2n) is 0.790. The van der Waals surface area contributed by atoms with Crippen LogP contribution in [0.2, 0.25) is 13.1 Å². The maximum Gasteiger partial charge on any atom is 0.549 e. The Labute approximate surface area is 41.7 Å². The molecular weight excluding hydrogens is 112 g/mol. The van der Waals surface area contributed by atoms with Gasteiger partial charge in [0.25, 0.3) is 0 Å². The summed E-state index contributed by atoms with van der Waals surface area (Å²) in [6, 6.07) is 0. The zero-order chi connectivity index (χ0) is 5.41. The predicted molar refractivity (Wildman–Crippen MR) is 27.4 cm³/mol. The molecule has 0 amide bonds. The normalized spacial score (nSPS) is 4.33. The maximum absolute atomic E-state index is 8.40. The van der Waals surface area contributed by atoms with Crippen molar-refractivity contribution >= 4 is 18.8 Å². The summed E-state index contributed by atoms with van der Waals surface area (Å²) in [6.45, 7) is 4.53. The second kappa shape index (κ2) is 19.8. The van der Waals surface area contributed by atoms with E-state index in [9.17, 15) is 0 Å². The lowest BCUT2D eigenvalue weighted by atomic mass is 11.9. The fourth-order valence-electron chi connectivity index (χ4n) is 0. The fraction of sp³-hybridized carbons (Fsp3) is 1.00. The van der Waals surface area contributed by atoms with Crippen LogP contribution in [-0.4, -0.2) is 18.8 Å². The summed E-state index contributed by atoms with van der Waals surface area (Å²) in [6.07, 6.45) is 0. The van der Waals surface area contributed by atoms with Crippen LogP contribution < -0.4 is 0 Å². The summed E-state index contributed by atoms with van der Waals surface area (Å²) in [5.74, 6) is 0. The van der Waals surface area contributed by atoms with Crippen LogP contribution in [0.1, 0.15) is 0 Å². The Morgan fingerprint density at radius 2 is 1.33 bits per heavy atom. The Morgan fingerprint density at radius 1 is 1.33 bits per heavy atom. The minimum absolute atomic E-state index is 0.417. The first-order valence-electron chi connectivity index (χ1n) is 1.82. The molecule has 6 heavy (non-hydrogen) atoms. The largest absolute Gasteiger partial charge is 0.549 e. The highest BCUT2D eigenvalue weighted by molar-refractivity contribution is 6.31. The van der Waals surface area contributed by atoms with Gasteiger partial charge in [-0.25, -0.2) is 0 Å². The molecule has 0 aromatic rings. The van der Waals surface area contributed by atoms with Crippen molar-refractivity contribution in [2.24, 2.45) is 0 Å². The minimum Gasteiger partial charge on any atom is -0.274 e. The van der Waals surface area contributed by atoms with Crippen molar-refractivity contribution in [3.05, 3.63) is 0 Å². The van der Waals surface area contributed by atoms with Gasteiger partial charge in [-0.15, -0.1) is 0 Å². The highest BCUT2D eigenvalue weighted by atomic mass is 28.2. The van der Waals surface area contributed by atoms with E-state index in [1.807, 2.05) is 0 Å². The van der Waals surface area contributed by atoms with E-state index in [2.05, 4.69) is 13.1 Å². The lowest BCUT2D eigenvalue weighted by Gasteiger charge is -1.45. The fourth-order valence-corrected chi connectivity index (χ4v) is 0. The van der Waals surface area contributed by atoms with Crippen LogP contribution in [0.15, 0.2) is 0 Å². The number of rotatable bonds is 0. The van der Waals surface area contributed by atoms with E-state index in [1.54, 1.807) is 0 Å². The first-order valence-corrected chi connectivity index (χ1v) is 5.47. The third kappa shape index (κ3) is 32600. The van der Waals surface area contributed by atoms with Gasteiger partial charge in [0.15, 0.2) is 0 Å². The molecule has 36 valence electrons. The zero-order valence-electron chi connectivity index (χ0n) is 4.02. The van der Waals surface area contributed by atoms with Crippen molar-refractivity contribution in [1.82, 2.24) is 0 Å². The molecule has 0 heterocycles. The Balaban J connectivity index is 0. The molecule has 0 saturated carbocycles. The molecule has 0 unspecified atom stereocenters. The Morgan fingerprint density at radius 3 is 1.33 bits per heavy atom. The quantitative estimate of drug-likeness (QED) is 0.409. The van der Waals surface area contributed by atoms with Crippen molar-refractivity contribution in [3.8, 4) is 0 Å². The molecule has 0 aromatic carbocycles. The number of hydrogen-bond donors (Lipinski definition) is 0. The first-order chi connectivity index (χ1) is 2.83. The van der Waals surface area contributed by atoms with E-state index >= 15 is 0 Å². The standard InChI is InChI=1S/C2H8Si.O2Si/c2*1-3-2/h3H2,1-2H3;. The Hall–Kier alpha value is 0.0338. The monoisotopic (exact) mass is 120 g/mol. The van der Waals surface area contributed by atoms with Crippen LogP contribution in [-0.2, 0) is 8.92 Å². The lowest BCUT2D eigenvalue weighted by molar-refractivity contribution is 0.497. The molecule has 0 atom stereocenters. The van der Waals surface area contributed by atoms with Crippen LogP contribution in [0.3, 0.4) is 0 Å². The molecular formula is C2H8O2Si2. The van der Waals surface area contributed by atoms with Crippen LogP contribution in [0.4, 0.5) is 0 Å². The highest BCUT2D eigenvalue weighted by Crippen LogP contribution is 1.36. The summed E-state index contributed by atoms with van der Waals surface area (Å²) in [7, 11) is -1.000. The van der Waals surface area contributed by atoms with Crippen LogP contribution in [0, 0.1) is 0 Å². The van der Waals surface area contributed by atoms with Gasteiger partial charge in [0.2, 0.25) is 0 Å². The second-order valence-corrected chi connectivity index (χ2v) is 2.37. The van der Waals surface area contributed by atoms with Gasteiger partial charge < -0.3 is 0 Å². The predicted octanol–water partition coefficient (Wildman–Crippen LogP) is -0.367. The van der Waals surface area contributed by atoms with Gasteiger partial charge in [-0.05, 0) is 0 Å². The minimum atomic E-state index is -1.42. The molecule has 0 aliphatic carbocycles. The molecule has 0 fully saturated rings. The van der Waals surface area contributed by atoms with Gasteiger partial charge in [-0.2, -0.15) is 0 Å². The highest BCUT2D eigenvalue weighted by Gasteiger charge is 1.38.